The van der Waals surface area contributed by atoms with E-state index in [1.54, 1.807) is 25.8 Å². The van der Waals surface area contributed by atoms with E-state index in [9.17, 15) is 0 Å². The van der Waals surface area contributed by atoms with Crippen LogP contribution in [0.2, 0.25) is 5.04 Å². The largest absolute Gasteiger partial charge is 1.00 e. The molecule has 5 heteroatoms. The molecule has 0 saturated carbocycles. The molecule has 0 fully saturated rings. The third kappa shape index (κ3) is 14.1. The third-order valence-corrected chi connectivity index (χ3v) is 15.3. The zero-order chi connectivity index (χ0) is 31.1. The van der Waals surface area contributed by atoms with E-state index < -0.39 is 9.52 Å². The van der Waals surface area contributed by atoms with Gasteiger partial charge < -0.3 is 37.2 Å². The number of hydrogen-bond acceptors (Lipinski definition) is 0. The van der Waals surface area contributed by atoms with Gasteiger partial charge in [-0.2, -0.15) is 0 Å². The standard InChI is InChI=1S/C41H65Si.3ClH.Ti/c1-7-8-9-10-11-12-13-14-15-16-17-18-19-20-21-23-26-40(27-24-22-25-28-40)33-41(32-36(4)37(5)38(41)6)42-39-30-34(2)29-35(3)31-39;;;;/h22,24-25,27,29-31H,7-21,23,26,28,33,42H2,1-6H3;3*1H;/q;;;;+3/p-3. The van der Waals surface area contributed by atoms with E-state index in [4.69, 9.17) is 0 Å². The number of aryl methyl sites for hydroxylation is 2. The molecule has 1 aromatic rings. The summed E-state index contributed by atoms with van der Waals surface area (Å²) in [6.07, 6.45) is 36.6. The van der Waals surface area contributed by atoms with Gasteiger partial charge in [-0.3, -0.25) is 0 Å². The first kappa shape index (κ1) is 46.0. The number of allylic oxidation sites excluding steroid dienone is 8. The minimum atomic E-state index is -0.556. The summed E-state index contributed by atoms with van der Waals surface area (Å²) >= 11 is 2.48. The summed E-state index contributed by atoms with van der Waals surface area (Å²) in [7, 11) is -0.556. The van der Waals surface area contributed by atoms with E-state index in [2.05, 4.69) is 104 Å². The molecule has 258 valence electrons. The molecule has 0 nitrogen and oxygen atoms in total. The summed E-state index contributed by atoms with van der Waals surface area (Å²) in [6, 6.07) is 7.35. The predicted octanol–water partition coefficient (Wildman–Crippen LogP) is 2.98. The Balaban J connectivity index is 0.00000675. The Kier molecular flexibility index (Phi) is 24.2. The van der Waals surface area contributed by atoms with Gasteiger partial charge in [-0.15, -0.1) is 0 Å². The molecule has 0 spiro atoms. The van der Waals surface area contributed by atoms with Gasteiger partial charge in [0.2, 0.25) is 0 Å². The average molecular weight is 740 g/mol. The first-order valence-electron chi connectivity index (χ1n) is 18.3. The molecule has 2 atom stereocenters. The molecule has 0 aliphatic heterocycles. The maximum Gasteiger partial charge on any atom is -1.00 e. The summed E-state index contributed by atoms with van der Waals surface area (Å²) < 4.78 is 1.68. The second kappa shape index (κ2) is 24.2. The third-order valence-electron chi connectivity index (χ3n) is 10.9. The monoisotopic (exact) mass is 738 g/mol. The van der Waals surface area contributed by atoms with Gasteiger partial charge in [-0.1, -0.05) is 64.7 Å². The van der Waals surface area contributed by atoms with Crippen LogP contribution >= 0.6 is 0 Å². The Bertz CT molecular complexity index is 1090. The number of benzene rings is 1. The van der Waals surface area contributed by atoms with E-state index in [0.717, 1.165) is 0 Å². The second-order valence-corrected chi connectivity index (χ2v) is 17.7. The summed E-state index contributed by atoms with van der Waals surface area (Å²) in [5.74, 6) is 0. The Labute approximate surface area is 318 Å². The van der Waals surface area contributed by atoms with Gasteiger partial charge in [-0.05, 0) is 0 Å². The van der Waals surface area contributed by atoms with Crippen LogP contribution in [0.25, 0.3) is 0 Å². The van der Waals surface area contributed by atoms with Gasteiger partial charge in [0.05, 0.1) is 0 Å². The van der Waals surface area contributed by atoms with Crippen molar-refractivity contribution < 1.29 is 57.7 Å². The number of hydrogen-bond donors (Lipinski definition) is 0. The number of unbranched alkanes of at least 4 members (excludes halogenated alkanes) is 15. The topological polar surface area (TPSA) is 0 Å². The molecular weight excluding hydrogens is 675 g/mol. The van der Waals surface area contributed by atoms with Crippen LogP contribution in [0.3, 0.4) is 0 Å². The van der Waals surface area contributed by atoms with E-state index in [1.807, 2.05) is 0 Å². The SMILES string of the molecule is CCCCCCCCCCCCCCCCCCC1(CC2([SiH2]c3cc(C)cc(C)c3)C(C)=C(C)C(C)=[C]2[Ti+3])C=CC=CC1.[Cl-].[Cl-].[Cl-]. The van der Waals surface area contributed by atoms with Crippen molar-refractivity contribution in [1.82, 2.24) is 0 Å². The van der Waals surface area contributed by atoms with Gasteiger partial charge in [0.1, 0.15) is 0 Å². The van der Waals surface area contributed by atoms with Crippen molar-refractivity contribution in [3.63, 3.8) is 0 Å². The van der Waals surface area contributed by atoms with Gasteiger partial charge in [0.15, 0.2) is 0 Å². The van der Waals surface area contributed by atoms with Crippen LogP contribution in [0.4, 0.5) is 0 Å². The van der Waals surface area contributed by atoms with Crippen LogP contribution in [0.1, 0.15) is 161 Å². The van der Waals surface area contributed by atoms with Crippen molar-refractivity contribution in [2.24, 2.45) is 5.41 Å². The Morgan fingerprint density at radius 2 is 1.11 bits per heavy atom. The molecule has 2 aliphatic rings. The van der Waals surface area contributed by atoms with Crippen molar-refractivity contribution in [2.75, 3.05) is 0 Å². The maximum atomic E-state index is 2.62. The van der Waals surface area contributed by atoms with Gasteiger partial charge in [0.25, 0.3) is 0 Å². The molecule has 2 aliphatic carbocycles. The first-order chi connectivity index (χ1) is 20.7. The van der Waals surface area contributed by atoms with Gasteiger partial charge >= 0.3 is 219 Å². The minimum Gasteiger partial charge on any atom is -1.00 e. The molecule has 2 unspecified atom stereocenters. The smallest absolute Gasteiger partial charge is 1.00 e. The zero-order valence-electron chi connectivity index (χ0n) is 30.3. The van der Waals surface area contributed by atoms with Crippen LogP contribution in [-0.4, -0.2) is 9.52 Å². The Morgan fingerprint density at radius 3 is 1.52 bits per heavy atom. The Morgan fingerprint density at radius 1 is 0.630 bits per heavy atom. The molecule has 1 aromatic carbocycles. The van der Waals surface area contributed by atoms with Crippen molar-refractivity contribution >= 4 is 14.7 Å². The fourth-order valence-corrected chi connectivity index (χ4v) is 12.4. The van der Waals surface area contributed by atoms with Crippen molar-refractivity contribution in [1.29, 1.82) is 0 Å². The van der Waals surface area contributed by atoms with Crippen LogP contribution in [0.5, 0.6) is 0 Å². The van der Waals surface area contributed by atoms with E-state index in [1.165, 1.54) is 133 Å². The zero-order valence-corrected chi connectivity index (χ0v) is 35.6. The Hall–Kier alpha value is -0.0188. The fourth-order valence-electron chi connectivity index (χ4n) is 8.14. The molecule has 0 saturated heterocycles. The summed E-state index contributed by atoms with van der Waals surface area (Å²) in [6.45, 7) is 14.1. The second-order valence-electron chi connectivity index (χ2n) is 14.6. The van der Waals surface area contributed by atoms with E-state index in [-0.39, 0.29) is 42.3 Å². The summed E-state index contributed by atoms with van der Waals surface area (Å²) in [4.78, 5) is 0. The van der Waals surface area contributed by atoms with Crippen molar-refractivity contribution in [2.45, 2.75) is 169 Å². The normalized spacial score (nSPS) is 20.8. The summed E-state index contributed by atoms with van der Waals surface area (Å²) in [5.41, 5.74) is 7.97. The van der Waals surface area contributed by atoms with Crippen molar-refractivity contribution in [3.8, 4) is 0 Å². The molecule has 0 heterocycles. The van der Waals surface area contributed by atoms with Crippen LogP contribution in [0, 0.1) is 19.3 Å². The molecule has 0 N–H and O–H groups in total. The predicted molar refractivity (Wildman–Crippen MR) is 192 cm³/mol. The van der Waals surface area contributed by atoms with Crippen LogP contribution < -0.4 is 42.4 Å². The molecular formula is C41H65Cl3SiTi. The molecule has 0 radical (unpaired) electrons. The van der Waals surface area contributed by atoms with Gasteiger partial charge in [-0.25, -0.2) is 0 Å². The maximum absolute atomic E-state index is 2.62. The summed E-state index contributed by atoms with van der Waals surface area (Å²) in [5, 5.41) is 1.91. The van der Waals surface area contributed by atoms with Crippen molar-refractivity contribution in [3.05, 3.63) is 74.2 Å². The average Bonchev–Trinajstić information content (AvgIpc) is 3.12. The van der Waals surface area contributed by atoms with E-state index in [0.29, 0.717) is 5.41 Å². The van der Waals surface area contributed by atoms with Crippen LogP contribution in [0.15, 0.2) is 63.1 Å². The molecule has 3 rings (SSSR count). The molecule has 0 bridgehead atoms. The number of halogens is 3. The molecule has 0 aromatic heterocycles. The van der Waals surface area contributed by atoms with Gasteiger partial charge in [0, 0.05) is 0 Å². The molecule has 0 amide bonds. The molecule has 46 heavy (non-hydrogen) atoms. The minimum absolute atomic E-state index is 0. The fraction of sp³-hybridized carbons (Fsp3) is 0.659. The van der Waals surface area contributed by atoms with Crippen LogP contribution in [-0.2, 0) is 20.4 Å². The first-order valence-corrected chi connectivity index (χ1v) is 20.5. The quantitative estimate of drug-likeness (QED) is 0.135. The number of rotatable bonds is 21. The van der Waals surface area contributed by atoms with E-state index >= 15 is 0 Å².